The summed E-state index contributed by atoms with van der Waals surface area (Å²) in [5.74, 6) is -0.871. The van der Waals surface area contributed by atoms with Crippen LogP contribution in [-0.4, -0.2) is 30.5 Å². The molecule has 4 unspecified atom stereocenters. The number of nitrogens with one attached hydrogen (secondary N) is 1. The van der Waals surface area contributed by atoms with Gasteiger partial charge in [-0.1, -0.05) is 6.92 Å². The van der Waals surface area contributed by atoms with Gasteiger partial charge in [-0.15, -0.1) is 0 Å². The summed E-state index contributed by atoms with van der Waals surface area (Å²) in [6.45, 7) is 2.03. The molecule has 4 atom stereocenters. The van der Waals surface area contributed by atoms with Crippen LogP contribution in [0, 0.1) is 17.8 Å². The number of carboxylic acid groups (broad SMARTS) is 1. The zero-order chi connectivity index (χ0) is 13.3. The molecule has 1 saturated carbocycles. The number of hydrogen-bond donors (Lipinski definition) is 2. The van der Waals surface area contributed by atoms with Crippen LogP contribution in [-0.2, 0) is 14.3 Å². The van der Waals surface area contributed by atoms with Crippen molar-refractivity contribution in [2.24, 2.45) is 17.8 Å². The lowest BCUT2D eigenvalue weighted by Crippen LogP contribution is -2.40. The van der Waals surface area contributed by atoms with Gasteiger partial charge >= 0.3 is 12.1 Å². The van der Waals surface area contributed by atoms with Crippen LogP contribution in [0.4, 0.5) is 4.79 Å². The topological polar surface area (TPSA) is 84.9 Å². The molecule has 6 nitrogen and oxygen atoms in total. The molecule has 1 amide bonds. The highest BCUT2D eigenvalue weighted by Gasteiger charge is 2.47. The molecule has 0 aromatic rings. The number of rotatable bonds is 2. The van der Waals surface area contributed by atoms with Crippen molar-refractivity contribution < 1.29 is 24.2 Å². The van der Waals surface area contributed by atoms with Gasteiger partial charge in [0.25, 0.3) is 0 Å². The van der Waals surface area contributed by atoms with Crippen LogP contribution in [0.5, 0.6) is 0 Å². The zero-order valence-electron chi connectivity index (χ0n) is 10.4. The molecule has 1 aliphatic carbocycles. The number of carbonyl (C=O) groups excluding carboxylic acids is 1. The van der Waals surface area contributed by atoms with E-state index in [4.69, 9.17) is 14.6 Å². The van der Waals surface area contributed by atoms with Crippen molar-refractivity contribution >= 4 is 12.1 Å². The summed E-state index contributed by atoms with van der Waals surface area (Å²) in [6.07, 6.45) is 1.66. The highest BCUT2D eigenvalue weighted by Crippen LogP contribution is 2.46. The summed E-state index contributed by atoms with van der Waals surface area (Å²) in [7, 11) is 1.47. The first kappa shape index (κ1) is 12.7. The van der Waals surface area contributed by atoms with Gasteiger partial charge in [0.15, 0.2) is 0 Å². The molecule has 0 aromatic carbocycles. The number of hydrogen-bond acceptors (Lipinski definition) is 4. The Hall–Kier alpha value is -1.72. The third kappa shape index (κ3) is 2.14. The largest absolute Gasteiger partial charge is 0.478 e. The molecule has 0 radical (unpaired) electrons. The first-order valence-corrected chi connectivity index (χ1v) is 6.01. The van der Waals surface area contributed by atoms with Crippen LogP contribution in [0.2, 0.25) is 0 Å². The first-order valence-electron chi connectivity index (χ1n) is 6.01. The number of ether oxygens (including phenoxy) is 2. The Morgan fingerprint density at radius 1 is 1.50 bits per heavy atom. The molecule has 1 fully saturated rings. The van der Waals surface area contributed by atoms with Crippen molar-refractivity contribution in [3.8, 4) is 0 Å². The van der Waals surface area contributed by atoms with Gasteiger partial charge in [0.1, 0.15) is 0 Å². The Balaban J connectivity index is 2.19. The standard InChI is InChI=1S/C12H17NO5/c1-6-3-4-7-8(10(14)15)5-17-11(9(6)7)18-12(16)13-2/h5-7,9,11H,3-4H2,1-2H3,(H,13,16)(H,14,15). The summed E-state index contributed by atoms with van der Waals surface area (Å²) in [4.78, 5) is 22.4. The smallest absolute Gasteiger partial charge is 0.409 e. The average Bonchev–Trinajstić information content (AvgIpc) is 2.72. The summed E-state index contributed by atoms with van der Waals surface area (Å²) in [5.41, 5.74) is 0.279. The minimum atomic E-state index is -0.961. The summed E-state index contributed by atoms with van der Waals surface area (Å²) in [5, 5.41) is 11.5. The normalized spacial score (nSPS) is 34.0. The van der Waals surface area contributed by atoms with Crippen molar-refractivity contribution in [2.75, 3.05) is 7.05 Å². The van der Waals surface area contributed by atoms with Gasteiger partial charge in [0.2, 0.25) is 6.29 Å². The third-order valence-corrected chi connectivity index (χ3v) is 3.77. The fourth-order valence-electron chi connectivity index (χ4n) is 2.84. The number of carbonyl (C=O) groups is 2. The summed E-state index contributed by atoms with van der Waals surface area (Å²) in [6, 6.07) is 0. The SMILES string of the molecule is CNC(=O)OC1OC=C(C(=O)O)C2CCC(C)C12. The average molecular weight is 255 g/mol. The van der Waals surface area contributed by atoms with Gasteiger partial charge in [0.05, 0.1) is 11.8 Å². The predicted molar refractivity (Wildman–Crippen MR) is 61.5 cm³/mol. The molecule has 0 saturated heterocycles. The fourth-order valence-corrected chi connectivity index (χ4v) is 2.84. The van der Waals surface area contributed by atoms with Crippen LogP contribution < -0.4 is 5.32 Å². The molecule has 2 aliphatic rings. The lowest BCUT2D eigenvalue weighted by atomic mass is 9.83. The Morgan fingerprint density at radius 3 is 2.83 bits per heavy atom. The maximum atomic E-state index is 11.2. The first-order chi connectivity index (χ1) is 8.54. The summed E-state index contributed by atoms with van der Waals surface area (Å²) >= 11 is 0. The molecule has 6 heteroatoms. The van der Waals surface area contributed by atoms with Gasteiger partial charge in [-0.2, -0.15) is 0 Å². The van der Waals surface area contributed by atoms with E-state index in [-0.39, 0.29) is 23.3 Å². The monoisotopic (exact) mass is 255 g/mol. The molecule has 2 rings (SSSR count). The van der Waals surface area contributed by atoms with Gasteiger partial charge in [-0.3, -0.25) is 0 Å². The molecule has 100 valence electrons. The van der Waals surface area contributed by atoms with Gasteiger partial charge in [-0.05, 0) is 18.8 Å². The second-order valence-corrected chi connectivity index (χ2v) is 4.78. The number of aliphatic carboxylic acids is 1. The maximum Gasteiger partial charge on any atom is 0.409 e. The van der Waals surface area contributed by atoms with Crippen molar-refractivity contribution in [1.29, 1.82) is 0 Å². The third-order valence-electron chi connectivity index (χ3n) is 3.77. The van der Waals surface area contributed by atoms with Crippen molar-refractivity contribution in [2.45, 2.75) is 26.1 Å². The minimum Gasteiger partial charge on any atom is -0.478 e. The van der Waals surface area contributed by atoms with E-state index in [2.05, 4.69) is 5.32 Å². The van der Waals surface area contributed by atoms with E-state index < -0.39 is 18.4 Å². The van der Waals surface area contributed by atoms with Crippen molar-refractivity contribution in [1.82, 2.24) is 5.32 Å². The quantitative estimate of drug-likeness (QED) is 0.777. The molecular weight excluding hydrogens is 238 g/mol. The van der Waals surface area contributed by atoms with E-state index in [1.54, 1.807) is 0 Å². The van der Waals surface area contributed by atoms with Crippen LogP contribution in [0.3, 0.4) is 0 Å². The van der Waals surface area contributed by atoms with Crippen LogP contribution in [0.15, 0.2) is 11.8 Å². The number of amides is 1. The highest BCUT2D eigenvalue weighted by atomic mass is 16.7. The Labute approximate surface area is 105 Å². The molecule has 1 heterocycles. The van der Waals surface area contributed by atoms with Crippen molar-refractivity contribution in [3.05, 3.63) is 11.8 Å². The second kappa shape index (κ2) is 4.88. The summed E-state index contributed by atoms with van der Waals surface area (Å²) < 4.78 is 10.4. The van der Waals surface area contributed by atoms with Crippen molar-refractivity contribution in [3.63, 3.8) is 0 Å². The molecule has 0 spiro atoms. The van der Waals surface area contributed by atoms with E-state index >= 15 is 0 Å². The second-order valence-electron chi connectivity index (χ2n) is 4.78. The number of carboxylic acids is 1. The van der Waals surface area contributed by atoms with Gasteiger partial charge < -0.3 is 19.9 Å². The Kier molecular flexibility index (Phi) is 3.45. The maximum absolute atomic E-state index is 11.2. The van der Waals surface area contributed by atoms with Crippen LogP contribution in [0.1, 0.15) is 19.8 Å². The number of alkyl carbamates (subject to hydrolysis) is 1. The number of fused-ring (bicyclic) bond motifs is 1. The fraction of sp³-hybridized carbons (Fsp3) is 0.667. The molecule has 2 N–H and O–H groups in total. The Morgan fingerprint density at radius 2 is 2.22 bits per heavy atom. The lowest BCUT2D eigenvalue weighted by molar-refractivity contribution is -0.142. The van der Waals surface area contributed by atoms with E-state index in [0.29, 0.717) is 0 Å². The molecule has 18 heavy (non-hydrogen) atoms. The van der Waals surface area contributed by atoms with Crippen LogP contribution in [0.25, 0.3) is 0 Å². The van der Waals surface area contributed by atoms with E-state index in [9.17, 15) is 9.59 Å². The van der Waals surface area contributed by atoms with E-state index in [0.717, 1.165) is 12.8 Å². The highest BCUT2D eigenvalue weighted by molar-refractivity contribution is 5.87. The van der Waals surface area contributed by atoms with E-state index in [1.807, 2.05) is 6.92 Å². The zero-order valence-corrected chi connectivity index (χ0v) is 10.4. The van der Waals surface area contributed by atoms with Gasteiger partial charge in [0, 0.05) is 18.9 Å². The minimum absolute atomic E-state index is 0.0848. The molecule has 1 aliphatic heterocycles. The predicted octanol–water partition coefficient (Wildman–Crippen LogP) is 1.33. The van der Waals surface area contributed by atoms with Gasteiger partial charge in [-0.25, -0.2) is 9.59 Å². The van der Waals surface area contributed by atoms with E-state index in [1.165, 1.54) is 13.3 Å². The Bertz CT molecular complexity index is 392. The van der Waals surface area contributed by atoms with Crippen LogP contribution >= 0.6 is 0 Å². The molecular formula is C12H17NO5. The lowest BCUT2D eigenvalue weighted by Gasteiger charge is -2.33. The molecule has 0 aromatic heterocycles. The molecule has 0 bridgehead atoms.